The molecule has 0 N–H and O–H groups in total. The lowest BCUT2D eigenvalue weighted by atomic mass is 10.2. The molecule has 0 radical (unpaired) electrons. The molecular formula is C19H35NO5. The lowest BCUT2D eigenvalue weighted by Gasteiger charge is -2.25. The summed E-state index contributed by atoms with van der Waals surface area (Å²) < 4.78 is 15.8. The second kappa shape index (κ2) is 11.1. The zero-order chi connectivity index (χ0) is 19.5. The minimum absolute atomic E-state index is 0.239. The Hall–Kier alpha value is -1.56. The van der Waals surface area contributed by atoms with Crippen molar-refractivity contribution in [2.75, 3.05) is 26.2 Å². The smallest absolute Gasteiger partial charge is 0.307 e. The van der Waals surface area contributed by atoms with Crippen molar-refractivity contribution in [1.82, 2.24) is 4.90 Å². The number of ether oxygens (including phenoxy) is 3. The SMILES string of the molecule is C=COCCCN(CCC(=O)OC(C)(C)C)CCC(=O)OC(C)(C)C. The predicted molar refractivity (Wildman–Crippen MR) is 98.1 cm³/mol. The van der Waals surface area contributed by atoms with Gasteiger partial charge in [0.1, 0.15) is 11.2 Å². The molecule has 0 unspecified atom stereocenters. The van der Waals surface area contributed by atoms with Gasteiger partial charge in [0.25, 0.3) is 0 Å². The highest BCUT2D eigenvalue weighted by Gasteiger charge is 2.19. The molecule has 0 aromatic rings. The zero-order valence-electron chi connectivity index (χ0n) is 16.7. The lowest BCUT2D eigenvalue weighted by molar-refractivity contribution is -0.155. The summed E-state index contributed by atoms with van der Waals surface area (Å²) in [7, 11) is 0. The van der Waals surface area contributed by atoms with Gasteiger partial charge in [-0.3, -0.25) is 9.59 Å². The summed E-state index contributed by atoms with van der Waals surface area (Å²) in [6, 6.07) is 0. The number of hydrogen-bond acceptors (Lipinski definition) is 6. The minimum atomic E-state index is -0.490. The first-order valence-corrected chi connectivity index (χ1v) is 8.81. The molecule has 0 aliphatic rings. The predicted octanol–water partition coefficient (Wildman–Crippen LogP) is 3.30. The molecule has 6 nitrogen and oxygen atoms in total. The van der Waals surface area contributed by atoms with Gasteiger partial charge in [0.15, 0.2) is 0 Å². The highest BCUT2D eigenvalue weighted by atomic mass is 16.6. The van der Waals surface area contributed by atoms with Gasteiger partial charge in [0.05, 0.1) is 25.7 Å². The number of carbonyl (C=O) groups excluding carboxylic acids is 2. The highest BCUT2D eigenvalue weighted by molar-refractivity contribution is 5.70. The minimum Gasteiger partial charge on any atom is -0.502 e. The Morgan fingerprint density at radius 1 is 0.880 bits per heavy atom. The standard InChI is InChI=1S/C19H35NO5/c1-8-23-15-9-12-20(13-10-16(21)24-18(2,3)4)14-11-17(22)25-19(5,6)7/h8H,1,9-15H2,2-7H3. The van der Waals surface area contributed by atoms with Gasteiger partial charge in [0, 0.05) is 19.6 Å². The lowest BCUT2D eigenvalue weighted by Crippen LogP contribution is -2.33. The van der Waals surface area contributed by atoms with Crippen molar-refractivity contribution in [3.63, 3.8) is 0 Å². The van der Waals surface area contributed by atoms with E-state index >= 15 is 0 Å². The number of rotatable bonds is 11. The van der Waals surface area contributed by atoms with Crippen LogP contribution >= 0.6 is 0 Å². The van der Waals surface area contributed by atoms with Gasteiger partial charge in [-0.1, -0.05) is 6.58 Å². The van der Waals surface area contributed by atoms with E-state index in [1.54, 1.807) is 0 Å². The fourth-order valence-corrected chi connectivity index (χ4v) is 2.07. The summed E-state index contributed by atoms with van der Waals surface area (Å²) >= 11 is 0. The third-order valence-electron chi connectivity index (χ3n) is 2.96. The number of hydrogen-bond donors (Lipinski definition) is 0. The average Bonchev–Trinajstić information content (AvgIpc) is 2.41. The van der Waals surface area contributed by atoms with Crippen molar-refractivity contribution in [2.45, 2.75) is 72.0 Å². The van der Waals surface area contributed by atoms with Gasteiger partial charge in [0.2, 0.25) is 0 Å². The van der Waals surface area contributed by atoms with E-state index in [9.17, 15) is 9.59 Å². The molecule has 6 heteroatoms. The van der Waals surface area contributed by atoms with Crippen LogP contribution in [0.2, 0.25) is 0 Å². The molecule has 0 heterocycles. The van der Waals surface area contributed by atoms with Gasteiger partial charge in [-0.05, 0) is 48.0 Å². The summed E-state index contributed by atoms with van der Waals surface area (Å²) in [5.41, 5.74) is -0.980. The van der Waals surface area contributed by atoms with E-state index in [1.807, 2.05) is 41.5 Å². The Bertz CT molecular complexity index is 389. The summed E-state index contributed by atoms with van der Waals surface area (Å²) in [6.45, 7) is 16.9. The molecule has 0 bridgehead atoms. The first-order valence-electron chi connectivity index (χ1n) is 8.81. The quantitative estimate of drug-likeness (QED) is 0.321. The second-order valence-corrected chi connectivity index (χ2v) is 7.91. The fourth-order valence-electron chi connectivity index (χ4n) is 2.07. The van der Waals surface area contributed by atoms with Crippen LogP contribution < -0.4 is 0 Å². The molecule has 0 aromatic carbocycles. The molecule has 146 valence electrons. The van der Waals surface area contributed by atoms with Crippen molar-refractivity contribution >= 4 is 11.9 Å². The Kier molecular flexibility index (Phi) is 10.4. The highest BCUT2D eigenvalue weighted by Crippen LogP contribution is 2.10. The maximum Gasteiger partial charge on any atom is 0.307 e. The normalized spacial score (nSPS) is 12.0. The molecule has 0 spiro atoms. The van der Waals surface area contributed by atoms with Crippen LogP contribution in [0.3, 0.4) is 0 Å². The van der Waals surface area contributed by atoms with Crippen LogP contribution in [0.4, 0.5) is 0 Å². The van der Waals surface area contributed by atoms with Gasteiger partial charge in [-0.15, -0.1) is 0 Å². The second-order valence-electron chi connectivity index (χ2n) is 7.91. The summed E-state index contributed by atoms with van der Waals surface area (Å²) in [6.07, 6.45) is 2.77. The van der Waals surface area contributed by atoms with Crippen molar-refractivity contribution in [3.05, 3.63) is 12.8 Å². The third-order valence-corrected chi connectivity index (χ3v) is 2.96. The Morgan fingerprint density at radius 3 is 1.68 bits per heavy atom. The monoisotopic (exact) mass is 357 g/mol. The molecule has 0 rings (SSSR count). The van der Waals surface area contributed by atoms with E-state index in [1.165, 1.54) is 6.26 Å². The summed E-state index contributed by atoms with van der Waals surface area (Å²) in [4.78, 5) is 25.8. The van der Waals surface area contributed by atoms with Crippen LogP contribution in [0.5, 0.6) is 0 Å². The maximum absolute atomic E-state index is 11.9. The zero-order valence-corrected chi connectivity index (χ0v) is 16.7. The average molecular weight is 357 g/mol. The van der Waals surface area contributed by atoms with Crippen molar-refractivity contribution < 1.29 is 23.8 Å². The molecule has 0 fully saturated rings. The fraction of sp³-hybridized carbons (Fsp3) is 0.789. The van der Waals surface area contributed by atoms with Crippen LogP contribution in [-0.2, 0) is 23.8 Å². The molecule has 0 saturated heterocycles. The van der Waals surface area contributed by atoms with E-state index in [0.717, 1.165) is 13.0 Å². The van der Waals surface area contributed by atoms with Gasteiger partial charge >= 0.3 is 11.9 Å². The van der Waals surface area contributed by atoms with Gasteiger partial charge in [-0.2, -0.15) is 0 Å². The Labute approximate surface area is 152 Å². The van der Waals surface area contributed by atoms with Crippen LogP contribution in [0, 0.1) is 0 Å². The Morgan fingerprint density at radius 2 is 1.32 bits per heavy atom. The molecule has 0 saturated carbocycles. The third kappa shape index (κ3) is 15.7. The van der Waals surface area contributed by atoms with Crippen molar-refractivity contribution in [1.29, 1.82) is 0 Å². The summed E-state index contributed by atoms with van der Waals surface area (Å²) in [5.74, 6) is -0.478. The molecule has 25 heavy (non-hydrogen) atoms. The molecule has 0 atom stereocenters. The number of esters is 2. The van der Waals surface area contributed by atoms with Crippen LogP contribution in [-0.4, -0.2) is 54.3 Å². The number of nitrogens with zero attached hydrogens (tertiary/aromatic N) is 1. The number of carbonyl (C=O) groups is 2. The van der Waals surface area contributed by atoms with Crippen LogP contribution in [0.25, 0.3) is 0 Å². The Balaban J connectivity index is 4.41. The first-order chi connectivity index (χ1) is 11.4. The molecule has 0 aliphatic heterocycles. The largest absolute Gasteiger partial charge is 0.502 e. The molecule has 0 aromatic heterocycles. The van der Waals surface area contributed by atoms with Crippen LogP contribution in [0.15, 0.2) is 12.8 Å². The van der Waals surface area contributed by atoms with E-state index in [2.05, 4.69) is 11.5 Å². The molecule has 0 aliphatic carbocycles. The van der Waals surface area contributed by atoms with Crippen molar-refractivity contribution in [2.24, 2.45) is 0 Å². The first kappa shape index (κ1) is 23.4. The van der Waals surface area contributed by atoms with E-state index in [4.69, 9.17) is 14.2 Å². The van der Waals surface area contributed by atoms with Gasteiger partial charge < -0.3 is 19.1 Å². The van der Waals surface area contributed by atoms with E-state index < -0.39 is 11.2 Å². The maximum atomic E-state index is 11.9. The molecular weight excluding hydrogens is 322 g/mol. The van der Waals surface area contributed by atoms with Crippen LogP contribution in [0.1, 0.15) is 60.8 Å². The van der Waals surface area contributed by atoms with E-state index in [-0.39, 0.29) is 24.8 Å². The van der Waals surface area contributed by atoms with Gasteiger partial charge in [-0.25, -0.2) is 0 Å². The topological polar surface area (TPSA) is 65.1 Å². The summed E-state index contributed by atoms with van der Waals surface area (Å²) in [5, 5.41) is 0. The molecule has 0 amide bonds. The van der Waals surface area contributed by atoms with Crippen molar-refractivity contribution in [3.8, 4) is 0 Å². The van der Waals surface area contributed by atoms with E-state index in [0.29, 0.717) is 19.7 Å².